The van der Waals surface area contributed by atoms with Gasteiger partial charge < -0.3 is 0 Å². The molecule has 2 aromatic rings. The van der Waals surface area contributed by atoms with Gasteiger partial charge in [-0.25, -0.2) is 0 Å². The van der Waals surface area contributed by atoms with E-state index in [1.54, 1.807) is 0 Å². The molecule has 2 nitrogen and oxygen atoms in total. The maximum absolute atomic E-state index is 12.2. The summed E-state index contributed by atoms with van der Waals surface area (Å²) in [7, 11) is 2.09. The third-order valence-corrected chi connectivity index (χ3v) is 5.73. The Morgan fingerprint density at radius 2 is 1.75 bits per heavy atom. The van der Waals surface area contributed by atoms with Crippen LogP contribution in [0.5, 0.6) is 0 Å². The van der Waals surface area contributed by atoms with Gasteiger partial charge in [0.05, 0.1) is 6.54 Å². The summed E-state index contributed by atoms with van der Waals surface area (Å²) < 4.78 is 0. The molecule has 0 amide bonds. The van der Waals surface area contributed by atoms with Crippen LogP contribution < -0.4 is 0 Å². The highest BCUT2D eigenvalue weighted by Crippen LogP contribution is 2.37. The third kappa shape index (κ3) is 5.42. The first-order valence-electron chi connectivity index (χ1n) is 10.5. The molecule has 0 saturated carbocycles. The average molecular weight is 378 g/mol. The fourth-order valence-corrected chi connectivity index (χ4v) is 4.11. The molecule has 3 rings (SSSR count). The summed E-state index contributed by atoms with van der Waals surface area (Å²) in [5.74, 6) is 0.724. The second kappa shape index (κ2) is 10.4. The summed E-state index contributed by atoms with van der Waals surface area (Å²) in [6, 6.07) is 15.7. The number of aryl methyl sites for hydroxylation is 3. The number of carbonyl (C=O) groups excluding carboxylic acids is 1. The van der Waals surface area contributed by atoms with E-state index >= 15 is 0 Å². The smallest absolute Gasteiger partial charge is 0.147 e. The van der Waals surface area contributed by atoms with Crippen LogP contribution in [-0.4, -0.2) is 24.3 Å². The maximum Gasteiger partial charge on any atom is 0.147 e. The van der Waals surface area contributed by atoms with Crippen LogP contribution in [0, 0.1) is 19.8 Å². The summed E-state index contributed by atoms with van der Waals surface area (Å²) in [5, 5.41) is 0. The predicted octanol–water partition coefficient (Wildman–Crippen LogP) is 6.17. The minimum Gasteiger partial charge on any atom is -0.298 e. The molecule has 2 unspecified atom stereocenters. The van der Waals surface area contributed by atoms with Crippen molar-refractivity contribution in [2.45, 2.75) is 53.0 Å². The van der Waals surface area contributed by atoms with E-state index in [-0.39, 0.29) is 0 Å². The molecule has 0 spiro atoms. The van der Waals surface area contributed by atoms with E-state index in [4.69, 9.17) is 0 Å². The van der Waals surface area contributed by atoms with E-state index in [0.29, 0.717) is 30.7 Å². The number of ketones is 1. The molecule has 0 aromatic heterocycles. The van der Waals surface area contributed by atoms with Crippen molar-refractivity contribution in [3.05, 3.63) is 76.9 Å². The molecule has 2 atom stereocenters. The molecule has 28 heavy (non-hydrogen) atoms. The lowest BCUT2D eigenvalue weighted by atomic mass is 9.80. The second-order valence-electron chi connectivity index (χ2n) is 7.69. The van der Waals surface area contributed by atoms with Crippen molar-refractivity contribution in [2.75, 3.05) is 13.6 Å². The highest BCUT2D eigenvalue weighted by atomic mass is 16.1. The van der Waals surface area contributed by atoms with Gasteiger partial charge in [-0.15, -0.1) is 0 Å². The Labute approximate surface area is 171 Å². The zero-order chi connectivity index (χ0) is 20.7. The number of nitrogens with zero attached hydrogens (tertiary/aromatic N) is 1. The van der Waals surface area contributed by atoms with E-state index in [1.807, 2.05) is 19.9 Å². The molecule has 1 fully saturated rings. The number of likely N-dealkylation sites (tertiary alicyclic amines) is 1. The molecule has 150 valence electrons. The van der Waals surface area contributed by atoms with Crippen molar-refractivity contribution < 1.29 is 4.79 Å². The van der Waals surface area contributed by atoms with Crippen LogP contribution in [-0.2, 0) is 11.2 Å². The van der Waals surface area contributed by atoms with Gasteiger partial charge in [0.15, 0.2) is 0 Å². The van der Waals surface area contributed by atoms with Gasteiger partial charge in [-0.05, 0) is 67.5 Å². The van der Waals surface area contributed by atoms with Gasteiger partial charge in [-0.2, -0.15) is 0 Å². The molecule has 2 heteroatoms. The van der Waals surface area contributed by atoms with Gasteiger partial charge in [0.25, 0.3) is 0 Å². The standard InChI is InChI=1S/C24H29NO.C2H6/c1-5-19-7-9-20(10-8-19)11-13-22-15-23(26)16-25(4)24(22)21-12-6-17(2)18(3)14-21;1-2/h5-10,12,14,22,24H,1,11,13,15-16H2,2-4H3;1-2H3. The Balaban J connectivity index is 0.00000136. The van der Waals surface area contributed by atoms with Crippen LogP contribution in [0.4, 0.5) is 0 Å². The SMILES string of the molecule is C=Cc1ccc(CCC2CC(=O)CN(C)C2c2ccc(C)c(C)c2)cc1.CC. The number of hydrogen-bond donors (Lipinski definition) is 0. The molecule has 2 aromatic carbocycles. The fraction of sp³-hybridized carbons (Fsp3) is 0.423. The van der Waals surface area contributed by atoms with E-state index < -0.39 is 0 Å². The Kier molecular flexibility index (Phi) is 8.19. The fourth-order valence-electron chi connectivity index (χ4n) is 4.11. The molecule has 0 aliphatic carbocycles. The van der Waals surface area contributed by atoms with Crippen molar-refractivity contribution in [1.82, 2.24) is 4.90 Å². The summed E-state index contributed by atoms with van der Waals surface area (Å²) in [6.07, 6.45) is 4.59. The number of Topliss-reactive ketones (excluding diaryl/α,β-unsaturated/α-hetero) is 1. The number of likely N-dealkylation sites (N-methyl/N-ethyl adjacent to an activating group) is 1. The molecule has 0 bridgehead atoms. The summed E-state index contributed by atoms with van der Waals surface area (Å²) in [6.45, 7) is 12.7. The van der Waals surface area contributed by atoms with E-state index in [9.17, 15) is 4.79 Å². The van der Waals surface area contributed by atoms with Crippen LogP contribution in [0.1, 0.15) is 60.5 Å². The highest BCUT2D eigenvalue weighted by molar-refractivity contribution is 5.81. The minimum absolute atomic E-state index is 0.319. The van der Waals surface area contributed by atoms with Gasteiger partial charge >= 0.3 is 0 Å². The van der Waals surface area contributed by atoms with Crippen LogP contribution in [0.15, 0.2) is 49.0 Å². The van der Waals surface area contributed by atoms with Crippen LogP contribution in [0.2, 0.25) is 0 Å². The quantitative estimate of drug-likeness (QED) is 0.621. The lowest BCUT2D eigenvalue weighted by molar-refractivity contribution is -0.125. The normalized spacial score (nSPS) is 19.7. The average Bonchev–Trinajstić information content (AvgIpc) is 2.70. The Bertz CT molecular complexity index is 791. The number of rotatable bonds is 5. The van der Waals surface area contributed by atoms with Crippen molar-refractivity contribution in [2.24, 2.45) is 5.92 Å². The first kappa shape index (κ1) is 22.1. The van der Waals surface area contributed by atoms with Gasteiger partial charge in [0.2, 0.25) is 0 Å². The largest absolute Gasteiger partial charge is 0.298 e. The van der Waals surface area contributed by atoms with E-state index in [2.05, 4.69) is 74.8 Å². The number of hydrogen-bond acceptors (Lipinski definition) is 2. The monoisotopic (exact) mass is 377 g/mol. The Morgan fingerprint density at radius 3 is 2.36 bits per heavy atom. The molecular weight excluding hydrogens is 342 g/mol. The molecule has 1 saturated heterocycles. The molecule has 1 aliphatic rings. The molecule has 0 N–H and O–H groups in total. The van der Waals surface area contributed by atoms with Crippen LogP contribution in [0.3, 0.4) is 0 Å². The first-order valence-corrected chi connectivity index (χ1v) is 10.5. The summed E-state index contributed by atoms with van der Waals surface area (Å²) >= 11 is 0. The van der Waals surface area contributed by atoms with Crippen molar-refractivity contribution in [1.29, 1.82) is 0 Å². The van der Waals surface area contributed by atoms with Crippen molar-refractivity contribution >= 4 is 11.9 Å². The number of piperidine rings is 1. The topological polar surface area (TPSA) is 20.3 Å². The van der Waals surface area contributed by atoms with Gasteiger partial charge in [0.1, 0.15) is 5.78 Å². The van der Waals surface area contributed by atoms with Crippen LogP contribution >= 0.6 is 0 Å². The molecular formula is C26H35NO. The third-order valence-electron chi connectivity index (χ3n) is 5.73. The van der Waals surface area contributed by atoms with Gasteiger partial charge in [0, 0.05) is 12.5 Å². The lowest BCUT2D eigenvalue weighted by Gasteiger charge is -2.39. The molecule has 0 radical (unpaired) electrons. The van der Waals surface area contributed by atoms with Gasteiger partial charge in [-0.1, -0.05) is 69.0 Å². The zero-order valence-electron chi connectivity index (χ0n) is 18.2. The maximum atomic E-state index is 12.2. The number of benzene rings is 2. The molecule has 1 aliphatic heterocycles. The Morgan fingerprint density at radius 1 is 1.07 bits per heavy atom. The first-order chi connectivity index (χ1) is 13.5. The summed E-state index contributed by atoms with van der Waals surface area (Å²) in [4.78, 5) is 14.5. The van der Waals surface area contributed by atoms with Crippen molar-refractivity contribution in [3.8, 4) is 0 Å². The van der Waals surface area contributed by atoms with Gasteiger partial charge in [-0.3, -0.25) is 9.69 Å². The predicted molar refractivity (Wildman–Crippen MR) is 121 cm³/mol. The van der Waals surface area contributed by atoms with Crippen LogP contribution in [0.25, 0.3) is 6.08 Å². The zero-order valence-corrected chi connectivity index (χ0v) is 18.2. The lowest BCUT2D eigenvalue weighted by Crippen LogP contribution is -2.41. The Hall–Kier alpha value is -2.19. The highest BCUT2D eigenvalue weighted by Gasteiger charge is 2.34. The minimum atomic E-state index is 0.319. The van der Waals surface area contributed by atoms with E-state index in [1.165, 1.54) is 22.3 Å². The summed E-state index contributed by atoms with van der Waals surface area (Å²) in [5.41, 5.74) is 6.47. The van der Waals surface area contributed by atoms with Crippen molar-refractivity contribution in [3.63, 3.8) is 0 Å². The number of carbonyl (C=O) groups is 1. The molecule has 1 heterocycles. The second-order valence-corrected chi connectivity index (χ2v) is 7.69. The van der Waals surface area contributed by atoms with E-state index in [0.717, 1.165) is 18.4 Å².